The lowest BCUT2D eigenvalue weighted by molar-refractivity contribution is -0.161. The predicted molar refractivity (Wildman–Crippen MR) is 395 cm³/mol. The summed E-state index contributed by atoms with van der Waals surface area (Å²) in [5.41, 5.74) is 0. The van der Waals surface area contributed by atoms with Gasteiger partial charge in [-0.05, 0) is 37.5 Å². The molecule has 0 radical (unpaired) electrons. The van der Waals surface area contributed by atoms with Gasteiger partial charge in [-0.2, -0.15) is 0 Å². The molecule has 576 valence electrons. The lowest BCUT2D eigenvalue weighted by atomic mass is 9.99. The van der Waals surface area contributed by atoms with Crippen molar-refractivity contribution in [2.75, 3.05) is 39.6 Å². The first-order chi connectivity index (χ1) is 46.9. The maximum absolute atomic E-state index is 13.1. The molecule has 0 saturated heterocycles. The molecule has 0 saturated carbocycles. The second-order valence-electron chi connectivity index (χ2n) is 28.8. The van der Waals surface area contributed by atoms with E-state index in [4.69, 9.17) is 37.0 Å². The van der Waals surface area contributed by atoms with Crippen LogP contribution < -0.4 is 0 Å². The molecule has 0 aromatic rings. The van der Waals surface area contributed by atoms with Gasteiger partial charge in [0.2, 0.25) is 0 Å². The number of aliphatic hydroxyl groups excluding tert-OH is 1. The number of ether oxygens (including phenoxy) is 4. The quantitative estimate of drug-likeness (QED) is 0.0222. The molecule has 0 aliphatic rings. The summed E-state index contributed by atoms with van der Waals surface area (Å²) >= 11 is 0. The highest BCUT2D eigenvalue weighted by molar-refractivity contribution is 7.47. The van der Waals surface area contributed by atoms with Gasteiger partial charge in [0.15, 0.2) is 12.2 Å². The van der Waals surface area contributed by atoms with E-state index in [-0.39, 0.29) is 25.7 Å². The molecule has 0 aromatic heterocycles. The highest BCUT2D eigenvalue weighted by Crippen LogP contribution is 2.45. The molecule has 19 heteroatoms. The summed E-state index contributed by atoms with van der Waals surface area (Å²) < 4.78 is 68.5. The van der Waals surface area contributed by atoms with E-state index in [2.05, 4.69) is 41.5 Å². The normalized spacial score (nSPS) is 14.2. The van der Waals surface area contributed by atoms with Gasteiger partial charge in [-0.1, -0.05) is 356 Å². The number of aliphatic hydroxyl groups is 1. The zero-order valence-electron chi connectivity index (χ0n) is 63.4. The molecular formula is C78H152O17P2. The molecule has 0 bridgehead atoms. The highest BCUT2D eigenvalue weighted by atomic mass is 31.2. The third kappa shape index (κ3) is 70.9. The number of phosphoric acid groups is 2. The molecule has 3 N–H and O–H groups in total. The Morgan fingerprint density at radius 2 is 0.526 bits per heavy atom. The molecule has 0 rings (SSSR count). The number of phosphoric ester groups is 2. The fourth-order valence-electron chi connectivity index (χ4n) is 12.0. The van der Waals surface area contributed by atoms with Crippen molar-refractivity contribution in [3.8, 4) is 0 Å². The Morgan fingerprint density at radius 3 is 0.784 bits per heavy atom. The van der Waals surface area contributed by atoms with E-state index < -0.39 is 97.5 Å². The number of esters is 4. The minimum absolute atomic E-state index is 0.104. The van der Waals surface area contributed by atoms with Gasteiger partial charge in [0.05, 0.1) is 26.4 Å². The molecule has 0 aliphatic heterocycles. The number of hydrogen-bond donors (Lipinski definition) is 3. The molecule has 0 fully saturated rings. The number of rotatable bonds is 77. The van der Waals surface area contributed by atoms with Crippen LogP contribution in [0.5, 0.6) is 0 Å². The lowest BCUT2D eigenvalue weighted by Crippen LogP contribution is -2.30. The average molecular weight is 1420 g/mol. The van der Waals surface area contributed by atoms with E-state index in [1.807, 2.05) is 0 Å². The topological polar surface area (TPSA) is 237 Å². The van der Waals surface area contributed by atoms with Crippen LogP contribution >= 0.6 is 15.6 Å². The van der Waals surface area contributed by atoms with Crippen LogP contribution in [-0.4, -0.2) is 96.7 Å². The molecule has 0 aromatic carbocycles. The Hall–Kier alpha value is -1.94. The van der Waals surface area contributed by atoms with Crippen LogP contribution in [-0.2, 0) is 65.4 Å². The van der Waals surface area contributed by atoms with Crippen molar-refractivity contribution in [2.45, 2.75) is 426 Å². The Bertz CT molecular complexity index is 1870. The fraction of sp³-hybridized carbons (Fsp3) is 0.949. The second kappa shape index (κ2) is 69.8. The molecule has 97 heavy (non-hydrogen) atoms. The summed E-state index contributed by atoms with van der Waals surface area (Å²) in [6.45, 7) is 9.52. The Balaban J connectivity index is 5.18. The fourth-order valence-corrected chi connectivity index (χ4v) is 13.6. The first-order valence-corrected chi connectivity index (χ1v) is 43.5. The van der Waals surface area contributed by atoms with Gasteiger partial charge in [0.25, 0.3) is 0 Å². The Morgan fingerprint density at radius 1 is 0.299 bits per heavy atom. The van der Waals surface area contributed by atoms with Gasteiger partial charge >= 0.3 is 39.5 Å². The van der Waals surface area contributed by atoms with Gasteiger partial charge < -0.3 is 33.8 Å². The van der Waals surface area contributed by atoms with Crippen molar-refractivity contribution in [1.29, 1.82) is 0 Å². The van der Waals surface area contributed by atoms with Gasteiger partial charge in [-0.25, -0.2) is 9.13 Å². The molecule has 0 amide bonds. The molecule has 6 atom stereocenters. The largest absolute Gasteiger partial charge is 0.472 e. The average Bonchev–Trinajstić information content (AvgIpc) is 1.02. The first kappa shape index (κ1) is 95.1. The van der Waals surface area contributed by atoms with E-state index in [0.29, 0.717) is 31.6 Å². The number of carbonyl (C=O) groups is 4. The van der Waals surface area contributed by atoms with Crippen molar-refractivity contribution in [3.63, 3.8) is 0 Å². The molecule has 0 aliphatic carbocycles. The monoisotopic (exact) mass is 1420 g/mol. The predicted octanol–water partition coefficient (Wildman–Crippen LogP) is 23.1. The summed E-state index contributed by atoms with van der Waals surface area (Å²) in [6.07, 6.45) is 58.6. The second-order valence-corrected chi connectivity index (χ2v) is 31.7. The minimum Gasteiger partial charge on any atom is -0.462 e. The summed E-state index contributed by atoms with van der Waals surface area (Å²) in [5, 5.41) is 10.6. The highest BCUT2D eigenvalue weighted by Gasteiger charge is 2.30. The smallest absolute Gasteiger partial charge is 0.462 e. The molecular weight excluding hydrogens is 1270 g/mol. The van der Waals surface area contributed by atoms with Crippen molar-refractivity contribution in [1.82, 2.24) is 0 Å². The van der Waals surface area contributed by atoms with E-state index in [0.717, 1.165) is 102 Å². The van der Waals surface area contributed by atoms with Crippen LogP contribution in [0.4, 0.5) is 0 Å². The first-order valence-electron chi connectivity index (χ1n) is 40.5. The third-order valence-corrected chi connectivity index (χ3v) is 20.5. The Labute approximate surface area is 594 Å². The zero-order chi connectivity index (χ0) is 71.4. The molecule has 3 unspecified atom stereocenters. The van der Waals surface area contributed by atoms with Gasteiger partial charge in [0.1, 0.15) is 19.3 Å². The number of hydrogen-bond acceptors (Lipinski definition) is 15. The van der Waals surface area contributed by atoms with Crippen molar-refractivity contribution >= 4 is 39.5 Å². The Kier molecular flexibility index (Phi) is 68.4. The van der Waals surface area contributed by atoms with Crippen LogP contribution in [0.25, 0.3) is 0 Å². The summed E-state index contributed by atoms with van der Waals surface area (Å²) in [6, 6.07) is 0. The maximum atomic E-state index is 13.1. The van der Waals surface area contributed by atoms with Crippen LogP contribution in [0, 0.1) is 11.8 Å². The van der Waals surface area contributed by atoms with Crippen molar-refractivity contribution in [2.24, 2.45) is 11.8 Å². The van der Waals surface area contributed by atoms with Crippen LogP contribution in [0.1, 0.15) is 408 Å². The van der Waals surface area contributed by atoms with Crippen molar-refractivity contribution in [3.05, 3.63) is 0 Å². The number of carbonyl (C=O) groups excluding carboxylic acids is 4. The lowest BCUT2D eigenvalue weighted by Gasteiger charge is -2.21. The van der Waals surface area contributed by atoms with E-state index >= 15 is 0 Å². The minimum atomic E-state index is -4.96. The van der Waals surface area contributed by atoms with E-state index in [1.54, 1.807) is 0 Å². The third-order valence-electron chi connectivity index (χ3n) is 18.6. The SMILES string of the molecule is CCCCCCCCCCCCCCCCCCCCCCCCC(=O)O[C@H](COC(=O)CCCCCCCCCCCCCCCC)COP(=O)(O)OC[C@@H](O)COP(=O)(O)OC[C@@H](COC(=O)CCCCCCCCC(C)C)OC(=O)CCCCCCCCCCC(C)CC. The molecule has 0 heterocycles. The van der Waals surface area contributed by atoms with Crippen LogP contribution in [0.2, 0.25) is 0 Å². The molecule has 0 spiro atoms. The van der Waals surface area contributed by atoms with Gasteiger partial charge in [0, 0.05) is 25.7 Å². The summed E-state index contributed by atoms with van der Waals surface area (Å²) in [5.74, 6) is -0.669. The molecule has 17 nitrogen and oxygen atoms in total. The standard InChI is InChI=1S/C78H152O17P2/c1-7-10-12-14-16-18-20-22-24-25-26-27-28-29-30-31-33-35-37-42-50-56-62-77(82)94-73(66-88-75(80)60-54-48-41-36-34-32-23-21-19-17-15-13-11-8-2)68-92-96(84,85)90-64-72(79)65-91-97(86,87)93-69-74(67-89-76(81)61-55-49-45-44-46-52-58-70(4)5)95-78(83)63-57-51-43-39-38-40-47-53-59-71(6)9-3/h70-74,79H,7-69H2,1-6H3,(H,84,85)(H,86,87)/t71?,72-,73-,74-/m1/s1. The van der Waals surface area contributed by atoms with E-state index in [9.17, 15) is 43.2 Å². The van der Waals surface area contributed by atoms with E-state index in [1.165, 1.54) is 218 Å². The number of unbranched alkanes of at least 4 members (excludes halogenated alkanes) is 46. The van der Waals surface area contributed by atoms with Crippen molar-refractivity contribution < 1.29 is 80.2 Å². The maximum Gasteiger partial charge on any atom is 0.472 e. The van der Waals surface area contributed by atoms with Gasteiger partial charge in [-0.3, -0.25) is 37.3 Å². The zero-order valence-corrected chi connectivity index (χ0v) is 65.2. The summed E-state index contributed by atoms with van der Waals surface area (Å²) in [7, 11) is -9.91. The van der Waals surface area contributed by atoms with Crippen LogP contribution in [0.15, 0.2) is 0 Å². The van der Waals surface area contributed by atoms with Gasteiger partial charge in [-0.15, -0.1) is 0 Å². The van der Waals surface area contributed by atoms with Crippen LogP contribution in [0.3, 0.4) is 0 Å². The summed E-state index contributed by atoms with van der Waals surface area (Å²) in [4.78, 5) is 72.8.